The van der Waals surface area contributed by atoms with Gasteiger partial charge in [0.25, 0.3) is 0 Å². The standard InChI is InChI=1S/C26H33FO4/c1-3-7-19-8-4-5-9-20(19)10-6-17-30-22-12-14-23(15-13-22)31-26(28)21-11-16-25(29-2)24(27)18-21/h11-16,18-20H,3-10,17H2,1-2H3. The van der Waals surface area contributed by atoms with Crippen LogP contribution in [0, 0.1) is 17.7 Å². The number of carbonyl (C=O) groups is 1. The van der Waals surface area contributed by atoms with E-state index in [1.54, 1.807) is 24.3 Å². The van der Waals surface area contributed by atoms with Crippen LogP contribution in [0.5, 0.6) is 17.2 Å². The molecule has 0 bridgehead atoms. The van der Waals surface area contributed by atoms with Crippen LogP contribution in [0.2, 0.25) is 0 Å². The van der Waals surface area contributed by atoms with Crippen molar-refractivity contribution in [1.82, 2.24) is 0 Å². The highest BCUT2D eigenvalue weighted by Crippen LogP contribution is 2.36. The molecule has 0 aliphatic heterocycles. The van der Waals surface area contributed by atoms with Crippen molar-refractivity contribution in [2.45, 2.75) is 58.3 Å². The van der Waals surface area contributed by atoms with Gasteiger partial charge >= 0.3 is 5.97 Å². The Labute approximate surface area is 184 Å². The highest BCUT2D eigenvalue weighted by molar-refractivity contribution is 5.91. The molecule has 1 aliphatic carbocycles. The number of rotatable bonds is 10. The fourth-order valence-corrected chi connectivity index (χ4v) is 4.51. The van der Waals surface area contributed by atoms with Crippen LogP contribution >= 0.6 is 0 Å². The summed E-state index contributed by atoms with van der Waals surface area (Å²) < 4.78 is 29.8. The first-order valence-electron chi connectivity index (χ1n) is 11.4. The Balaban J connectivity index is 1.43. The van der Waals surface area contributed by atoms with E-state index < -0.39 is 11.8 Å². The summed E-state index contributed by atoms with van der Waals surface area (Å²) in [6.07, 6.45) is 10.4. The van der Waals surface area contributed by atoms with Crippen molar-refractivity contribution >= 4 is 5.97 Å². The molecule has 1 fully saturated rings. The average molecular weight is 429 g/mol. The van der Waals surface area contributed by atoms with Crippen molar-refractivity contribution in [2.24, 2.45) is 11.8 Å². The topological polar surface area (TPSA) is 44.8 Å². The first-order valence-corrected chi connectivity index (χ1v) is 11.4. The number of benzene rings is 2. The molecule has 0 N–H and O–H groups in total. The van der Waals surface area contributed by atoms with E-state index in [0.717, 1.165) is 30.1 Å². The van der Waals surface area contributed by atoms with Crippen LogP contribution in [0.1, 0.15) is 68.6 Å². The largest absolute Gasteiger partial charge is 0.494 e. The molecule has 3 rings (SSSR count). The molecule has 2 atom stereocenters. The predicted molar refractivity (Wildman–Crippen MR) is 119 cm³/mol. The SMILES string of the molecule is CCCC1CCCCC1CCCOc1ccc(OC(=O)c2ccc(OC)c(F)c2)cc1. The maximum atomic E-state index is 13.8. The molecule has 2 aromatic rings. The number of halogens is 1. The molecule has 2 unspecified atom stereocenters. The van der Waals surface area contributed by atoms with E-state index in [2.05, 4.69) is 6.92 Å². The second-order valence-electron chi connectivity index (χ2n) is 8.29. The van der Waals surface area contributed by atoms with Crippen LogP contribution in [-0.4, -0.2) is 19.7 Å². The molecule has 0 amide bonds. The van der Waals surface area contributed by atoms with Crippen LogP contribution in [0.4, 0.5) is 4.39 Å². The van der Waals surface area contributed by atoms with E-state index >= 15 is 0 Å². The Kier molecular flexibility index (Phi) is 8.74. The highest BCUT2D eigenvalue weighted by Gasteiger charge is 2.23. The van der Waals surface area contributed by atoms with Gasteiger partial charge in [0.2, 0.25) is 0 Å². The summed E-state index contributed by atoms with van der Waals surface area (Å²) in [6, 6.07) is 10.9. The number of esters is 1. The summed E-state index contributed by atoms with van der Waals surface area (Å²) in [5, 5.41) is 0. The van der Waals surface area contributed by atoms with Crippen LogP contribution in [0.25, 0.3) is 0 Å². The van der Waals surface area contributed by atoms with Gasteiger partial charge in [-0.05, 0) is 67.1 Å². The molecule has 1 saturated carbocycles. The van der Waals surface area contributed by atoms with Gasteiger partial charge in [0.15, 0.2) is 11.6 Å². The maximum Gasteiger partial charge on any atom is 0.343 e. The molecule has 0 saturated heterocycles. The van der Waals surface area contributed by atoms with Crippen molar-refractivity contribution in [3.63, 3.8) is 0 Å². The Bertz CT molecular complexity index is 832. The van der Waals surface area contributed by atoms with Gasteiger partial charge in [-0.25, -0.2) is 9.18 Å². The average Bonchev–Trinajstić information content (AvgIpc) is 2.79. The number of methoxy groups -OCH3 is 1. The molecule has 168 valence electrons. The van der Waals surface area contributed by atoms with Gasteiger partial charge in [0, 0.05) is 0 Å². The third-order valence-electron chi connectivity index (χ3n) is 6.14. The molecule has 0 radical (unpaired) electrons. The Hall–Kier alpha value is -2.56. The van der Waals surface area contributed by atoms with E-state index in [1.165, 1.54) is 64.2 Å². The van der Waals surface area contributed by atoms with Crippen LogP contribution in [0.3, 0.4) is 0 Å². The van der Waals surface area contributed by atoms with Crippen molar-refractivity contribution < 1.29 is 23.4 Å². The molecule has 5 heteroatoms. The summed E-state index contributed by atoms with van der Waals surface area (Å²) in [5.74, 6) is 1.75. The Morgan fingerprint density at radius 3 is 2.32 bits per heavy atom. The normalized spacial score (nSPS) is 18.4. The second-order valence-corrected chi connectivity index (χ2v) is 8.29. The summed E-state index contributed by atoms with van der Waals surface area (Å²) in [4.78, 5) is 12.2. The van der Waals surface area contributed by atoms with Crippen LogP contribution in [0.15, 0.2) is 42.5 Å². The Morgan fingerprint density at radius 2 is 1.68 bits per heavy atom. The summed E-state index contributed by atoms with van der Waals surface area (Å²) in [7, 11) is 1.37. The van der Waals surface area contributed by atoms with Crippen molar-refractivity contribution in [3.8, 4) is 17.2 Å². The minimum absolute atomic E-state index is 0.0856. The van der Waals surface area contributed by atoms with Gasteiger partial charge in [0.1, 0.15) is 11.5 Å². The predicted octanol–water partition coefficient (Wildman–Crippen LogP) is 6.82. The van der Waals surface area contributed by atoms with E-state index in [0.29, 0.717) is 12.4 Å². The minimum Gasteiger partial charge on any atom is -0.494 e. The minimum atomic E-state index is -0.621. The lowest BCUT2D eigenvalue weighted by molar-refractivity contribution is 0.0734. The summed E-state index contributed by atoms with van der Waals surface area (Å²) in [6.45, 7) is 2.98. The zero-order chi connectivity index (χ0) is 22.1. The maximum absolute atomic E-state index is 13.8. The number of hydrogen-bond acceptors (Lipinski definition) is 4. The van der Waals surface area contributed by atoms with E-state index in [4.69, 9.17) is 14.2 Å². The van der Waals surface area contributed by atoms with E-state index in [-0.39, 0.29) is 11.3 Å². The monoisotopic (exact) mass is 428 g/mol. The van der Waals surface area contributed by atoms with E-state index in [1.807, 2.05) is 0 Å². The molecular formula is C26H33FO4. The third-order valence-corrected chi connectivity index (χ3v) is 6.14. The Morgan fingerprint density at radius 1 is 1.00 bits per heavy atom. The molecular weight excluding hydrogens is 395 g/mol. The van der Waals surface area contributed by atoms with Crippen molar-refractivity contribution in [3.05, 3.63) is 53.8 Å². The lowest BCUT2D eigenvalue weighted by Gasteiger charge is -2.31. The molecule has 2 aromatic carbocycles. The van der Waals surface area contributed by atoms with Crippen LogP contribution in [-0.2, 0) is 0 Å². The molecule has 0 aromatic heterocycles. The van der Waals surface area contributed by atoms with Crippen LogP contribution < -0.4 is 14.2 Å². The van der Waals surface area contributed by atoms with Gasteiger partial charge in [-0.1, -0.05) is 45.4 Å². The molecule has 4 nitrogen and oxygen atoms in total. The summed E-state index contributed by atoms with van der Waals surface area (Å²) >= 11 is 0. The number of ether oxygens (including phenoxy) is 3. The quantitative estimate of drug-likeness (QED) is 0.237. The van der Waals surface area contributed by atoms with Gasteiger partial charge in [0.05, 0.1) is 19.3 Å². The van der Waals surface area contributed by atoms with Crippen molar-refractivity contribution in [1.29, 1.82) is 0 Å². The zero-order valence-electron chi connectivity index (χ0n) is 18.6. The molecule has 0 heterocycles. The third kappa shape index (κ3) is 6.71. The first kappa shape index (κ1) is 23.1. The lowest BCUT2D eigenvalue weighted by Crippen LogP contribution is -2.20. The van der Waals surface area contributed by atoms with Gasteiger partial charge in [-0.3, -0.25) is 0 Å². The van der Waals surface area contributed by atoms with Gasteiger partial charge in [-0.15, -0.1) is 0 Å². The fourth-order valence-electron chi connectivity index (χ4n) is 4.51. The highest BCUT2D eigenvalue weighted by atomic mass is 19.1. The van der Waals surface area contributed by atoms with Crippen molar-refractivity contribution in [2.75, 3.05) is 13.7 Å². The fraction of sp³-hybridized carbons (Fsp3) is 0.500. The second kappa shape index (κ2) is 11.7. The van der Waals surface area contributed by atoms with E-state index in [9.17, 15) is 9.18 Å². The zero-order valence-corrected chi connectivity index (χ0v) is 18.6. The number of carbonyl (C=O) groups excluding carboxylic acids is 1. The smallest absolute Gasteiger partial charge is 0.343 e. The molecule has 0 spiro atoms. The lowest BCUT2D eigenvalue weighted by atomic mass is 9.75. The van der Waals surface area contributed by atoms with Gasteiger partial charge < -0.3 is 14.2 Å². The number of hydrogen-bond donors (Lipinski definition) is 0. The summed E-state index contributed by atoms with van der Waals surface area (Å²) in [5.41, 5.74) is 0.128. The first-order chi connectivity index (χ1) is 15.1. The van der Waals surface area contributed by atoms with Gasteiger partial charge in [-0.2, -0.15) is 0 Å². The molecule has 31 heavy (non-hydrogen) atoms. The molecule has 1 aliphatic rings.